The van der Waals surface area contributed by atoms with E-state index < -0.39 is 0 Å². The first-order valence-electron chi connectivity index (χ1n) is 7.56. The Morgan fingerprint density at radius 3 is 2.40 bits per heavy atom. The molecule has 0 spiro atoms. The van der Waals surface area contributed by atoms with Crippen molar-refractivity contribution in [1.29, 1.82) is 0 Å². The number of nitrogens with zero attached hydrogens (tertiary/aromatic N) is 2. The first-order valence-corrected chi connectivity index (χ1v) is 7.56. The van der Waals surface area contributed by atoms with Crippen molar-refractivity contribution in [3.8, 4) is 0 Å². The average molecular weight is 278 g/mol. The molecule has 0 aliphatic carbocycles. The Morgan fingerprint density at radius 2 is 1.90 bits per heavy atom. The van der Waals surface area contributed by atoms with Gasteiger partial charge in [0.15, 0.2) is 0 Å². The standard InChI is InChI=1S/C16H26N2O2/c1-11(2)15-8-13(10-19)9-16(17-15)18-6-4-14(5-7-18)12(3)20/h8-9,11-12,14,19-20H,4-7,10H2,1-3H3. The monoisotopic (exact) mass is 278 g/mol. The van der Waals surface area contributed by atoms with Gasteiger partial charge in [-0.2, -0.15) is 0 Å². The normalized spacial score (nSPS) is 18.6. The lowest BCUT2D eigenvalue weighted by Crippen LogP contribution is -2.37. The van der Waals surface area contributed by atoms with Crippen LogP contribution in [-0.2, 0) is 6.61 Å². The van der Waals surface area contributed by atoms with Crippen LogP contribution in [0.15, 0.2) is 12.1 Å². The Morgan fingerprint density at radius 1 is 1.25 bits per heavy atom. The number of rotatable bonds is 4. The Kier molecular flexibility index (Phi) is 5.00. The molecule has 1 atom stereocenters. The van der Waals surface area contributed by atoms with Crippen LogP contribution in [0.2, 0.25) is 0 Å². The van der Waals surface area contributed by atoms with Crippen LogP contribution in [-0.4, -0.2) is 34.4 Å². The summed E-state index contributed by atoms with van der Waals surface area (Å²) in [4.78, 5) is 6.99. The molecule has 0 amide bonds. The molecular formula is C16H26N2O2. The molecule has 4 nitrogen and oxygen atoms in total. The van der Waals surface area contributed by atoms with Crippen molar-refractivity contribution < 1.29 is 10.2 Å². The minimum absolute atomic E-state index is 0.0549. The van der Waals surface area contributed by atoms with Crippen LogP contribution in [0.25, 0.3) is 0 Å². The molecule has 1 aliphatic heterocycles. The van der Waals surface area contributed by atoms with Gasteiger partial charge in [-0.05, 0) is 49.3 Å². The summed E-state index contributed by atoms with van der Waals surface area (Å²) in [5.41, 5.74) is 1.96. The molecule has 2 heterocycles. The molecule has 1 aromatic heterocycles. The Labute approximate surface area is 121 Å². The highest BCUT2D eigenvalue weighted by Crippen LogP contribution is 2.26. The van der Waals surface area contributed by atoms with Gasteiger partial charge < -0.3 is 15.1 Å². The predicted molar refractivity (Wildman–Crippen MR) is 80.9 cm³/mol. The maximum Gasteiger partial charge on any atom is 0.129 e. The molecule has 0 bridgehead atoms. The maximum absolute atomic E-state index is 9.67. The van der Waals surface area contributed by atoms with Crippen LogP contribution in [0.3, 0.4) is 0 Å². The summed E-state index contributed by atoms with van der Waals surface area (Å²) < 4.78 is 0. The molecule has 4 heteroatoms. The number of aromatic nitrogens is 1. The number of piperidine rings is 1. The average Bonchev–Trinajstić information content (AvgIpc) is 2.46. The van der Waals surface area contributed by atoms with Crippen molar-refractivity contribution in [3.63, 3.8) is 0 Å². The zero-order valence-corrected chi connectivity index (χ0v) is 12.7. The lowest BCUT2D eigenvalue weighted by molar-refractivity contribution is 0.110. The number of hydrogen-bond acceptors (Lipinski definition) is 4. The Bertz CT molecular complexity index is 438. The van der Waals surface area contributed by atoms with Gasteiger partial charge in [0, 0.05) is 18.8 Å². The first kappa shape index (κ1) is 15.3. The first-order chi connectivity index (χ1) is 9.51. The molecule has 20 heavy (non-hydrogen) atoms. The van der Waals surface area contributed by atoms with Crippen molar-refractivity contribution in [1.82, 2.24) is 4.98 Å². The van der Waals surface area contributed by atoms with E-state index in [1.165, 1.54) is 0 Å². The third kappa shape index (κ3) is 3.49. The Balaban J connectivity index is 2.15. The summed E-state index contributed by atoms with van der Waals surface area (Å²) in [5, 5.41) is 19.1. The summed E-state index contributed by atoms with van der Waals surface area (Å²) in [7, 11) is 0. The minimum Gasteiger partial charge on any atom is -0.393 e. The number of aliphatic hydroxyl groups is 2. The molecule has 0 aromatic carbocycles. The number of hydrogen-bond donors (Lipinski definition) is 2. The molecule has 1 saturated heterocycles. The van der Waals surface area contributed by atoms with E-state index in [4.69, 9.17) is 4.98 Å². The van der Waals surface area contributed by atoms with E-state index in [1.54, 1.807) is 0 Å². The molecular weight excluding hydrogens is 252 g/mol. The van der Waals surface area contributed by atoms with Crippen LogP contribution < -0.4 is 4.90 Å². The fourth-order valence-corrected chi connectivity index (χ4v) is 2.75. The van der Waals surface area contributed by atoms with Crippen molar-refractivity contribution in [2.75, 3.05) is 18.0 Å². The maximum atomic E-state index is 9.67. The topological polar surface area (TPSA) is 56.6 Å². The summed E-state index contributed by atoms with van der Waals surface area (Å²) in [6.07, 6.45) is 1.78. The SMILES string of the molecule is CC(C)c1cc(CO)cc(N2CCC(C(C)O)CC2)n1. The van der Waals surface area contributed by atoms with Crippen molar-refractivity contribution in [2.24, 2.45) is 5.92 Å². The third-order valence-corrected chi connectivity index (χ3v) is 4.21. The summed E-state index contributed by atoms with van der Waals surface area (Å²) in [5.74, 6) is 1.72. The predicted octanol–water partition coefficient (Wildman–Crippen LogP) is 2.29. The molecule has 0 radical (unpaired) electrons. The van der Waals surface area contributed by atoms with Crippen LogP contribution >= 0.6 is 0 Å². The lowest BCUT2D eigenvalue weighted by Gasteiger charge is -2.34. The van der Waals surface area contributed by atoms with Crippen molar-refractivity contribution >= 4 is 5.82 Å². The number of anilines is 1. The zero-order valence-electron chi connectivity index (χ0n) is 12.7. The van der Waals surface area contributed by atoms with Crippen molar-refractivity contribution in [3.05, 3.63) is 23.4 Å². The van der Waals surface area contributed by atoms with E-state index in [0.29, 0.717) is 11.8 Å². The van der Waals surface area contributed by atoms with Crippen LogP contribution in [0.4, 0.5) is 5.82 Å². The van der Waals surface area contributed by atoms with Gasteiger partial charge in [0.2, 0.25) is 0 Å². The van der Waals surface area contributed by atoms with Gasteiger partial charge >= 0.3 is 0 Å². The van der Waals surface area contributed by atoms with E-state index in [-0.39, 0.29) is 12.7 Å². The van der Waals surface area contributed by atoms with Gasteiger partial charge in [-0.25, -0.2) is 4.98 Å². The molecule has 1 fully saturated rings. The fourth-order valence-electron chi connectivity index (χ4n) is 2.75. The fraction of sp³-hybridized carbons (Fsp3) is 0.688. The van der Waals surface area contributed by atoms with Gasteiger partial charge in [-0.3, -0.25) is 0 Å². The van der Waals surface area contributed by atoms with Gasteiger partial charge in [0.05, 0.1) is 12.7 Å². The molecule has 1 aromatic rings. The quantitative estimate of drug-likeness (QED) is 0.887. The highest BCUT2D eigenvalue weighted by molar-refractivity contribution is 5.43. The number of aliphatic hydroxyl groups excluding tert-OH is 2. The second-order valence-electron chi connectivity index (χ2n) is 6.14. The van der Waals surface area contributed by atoms with Gasteiger partial charge in [0.1, 0.15) is 5.82 Å². The summed E-state index contributed by atoms with van der Waals surface area (Å²) in [6.45, 7) is 8.02. The molecule has 1 aliphatic rings. The van der Waals surface area contributed by atoms with Gasteiger partial charge in [-0.15, -0.1) is 0 Å². The van der Waals surface area contributed by atoms with E-state index in [2.05, 4.69) is 18.7 Å². The van der Waals surface area contributed by atoms with Crippen LogP contribution in [0, 0.1) is 5.92 Å². The third-order valence-electron chi connectivity index (χ3n) is 4.21. The molecule has 0 saturated carbocycles. The minimum atomic E-state index is -0.222. The lowest BCUT2D eigenvalue weighted by atomic mass is 9.92. The Hall–Kier alpha value is -1.13. The molecule has 2 N–H and O–H groups in total. The van der Waals surface area contributed by atoms with E-state index in [1.807, 2.05) is 19.1 Å². The van der Waals surface area contributed by atoms with Gasteiger partial charge in [0.25, 0.3) is 0 Å². The van der Waals surface area contributed by atoms with Crippen LogP contribution in [0.5, 0.6) is 0 Å². The van der Waals surface area contributed by atoms with E-state index >= 15 is 0 Å². The smallest absolute Gasteiger partial charge is 0.129 e. The molecule has 1 unspecified atom stereocenters. The molecule has 112 valence electrons. The second-order valence-corrected chi connectivity index (χ2v) is 6.14. The largest absolute Gasteiger partial charge is 0.393 e. The number of pyridine rings is 1. The zero-order chi connectivity index (χ0) is 14.7. The van der Waals surface area contributed by atoms with Gasteiger partial charge in [-0.1, -0.05) is 13.8 Å². The van der Waals surface area contributed by atoms with Crippen molar-refractivity contribution in [2.45, 2.75) is 52.2 Å². The van der Waals surface area contributed by atoms with E-state index in [0.717, 1.165) is 43.0 Å². The summed E-state index contributed by atoms with van der Waals surface area (Å²) in [6, 6.07) is 3.96. The highest BCUT2D eigenvalue weighted by Gasteiger charge is 2.23. The molecule has 2 rings (SSSR count). The second kappa shape index (κ2) is 6.55. The van der Waals surface area contributed by atoms with Crippen LogP contribution in [0.1, 0.15) is 50.8 Å². The van der Waals surface area contributed by atoms with E-state index in [9.17, 15) is 10.2 Å². The summed E-state index contributed by atoms with van der Waals surface area (Å²) >= 11 is 0. The highest BCUT2D eigenvalue weighted by atomic mass is 16.3.